The third kappa shape index (κ3) is 21.1. The predicted molar refractivity (Wildman–Crippen MR) is 93.3 cm³/mol. The molecular weight excluding hydrogens is 279 g/mol. The maximum atomic E-state index is 10.3. The second-order valence-corrected chi connectivity index (χ2v) is 5.91. The van der Waals surface area contributed by atoms with Crippen molar-refractivity contribution >= 4 is 48.2 Å². The van der Waals surface area contributed by atoms with Crippen molar-refractivity contribution in [2.75, 3.05) is 5.75 Å². The van der Waals surface area contributed by atoms with E-state index in [1.807, 2.05) is 0 Å². The Labute approximate surface area is 153 Å². The Morgan fingerprint density at radius 1 is 0.650 bits per heavy atom. The van der Waals surface area contributed by atoms with Crippen molar-refractivity contribution in [1.82, 2.24) is 0 Å². The first kappa shape index (κ1) is 23.1. The fourth-order valence-electron chi connectivity index (χ4n) is 2.33. The molecule has 0 fully saturated rings. The summed E-state index contributed by atoms with van der Waals surface area (Å²) in [7, 11) is 0. The van der Waals surface area contributed by atoms with Gasteiger partial charge in [-0.2, -0.15) is 12.6 Å². The number of aliphatic carboxylic acids is 1. The van der Waals surface area contributed by atoms with Crippen molar-refractivity contribution in [3.63, 3.8) is 0 Å². The first-order chi connectivity index (χ1) is 9.27. The number of thiol groups is 1. The summed E-state index contributed by atoms with van der Waals surface area (Å²) in [5, 5.41) is 8.50. The summed E-state index contributed by atoms with van der Waals surface area (Å²) in [5.74, 6) is 0.376. The van der Waals surface area contributed by atoms with Gasteiger partial charge in [0, 0.05) is 6.42 Å². The number of hydrogen-bond acceptors (Lipinski definition) is 2. The van der Waals surface area contributed by atoms with E-state index in [1.165, 1.54) is 70.6 Å². The number of rotatable bonds is 15. The van der Waals surface area contributed by atoms with Gasteiger partial charge in [0.1, 0.15) is 0 Å². The molecule has 0 aromatic heterocycles. The van der Waals surface area contributed by atoms with Gasteiger partial charge in [-0.3, -0.25) is 4.79 Å². The van der Waals surface area contributed by atoms with E-state index in [4.69, 9.17) is 5.11 Å². The Bertz CT molecular complexity index is 201. The van der Waals surface area contributed by atoms with E-state index in [-0.39, 0.29) is 29.6 Å². The van der Waals surface area contributed by atoms with Crippen molar-refractivity contribution in [2.24, 2.45) is 0 Å². The molecule has 0 saturated carbocycles. The molecule has 0 aliphatic carbocycles. The van der Waals surface area contributed by atoms with Crippen LogP contribution in [0.5, 0.6) is 0 Å². The molecule has 0 bridgehead atoms. The van der Waals surface area contributed by atoms with Gasteiger partial charge < -0.3 is 5.11 Å². The molecule has 0 aromatic carbocycles. The molecule has 1 N–H and O–H groups in total. The van der Waals surface area contributed by atoms with Crippen molar-refractivity contribution in [3.8, 4) is 0 Å². The van der Waals surface area contributed by atoms with E-state index in [1.54, 1.807) is 0 Å². The van der Waals surface area contributed by atoms with Gasteiger partial charge in [-0.1, -0.05) is 70.6 Å². The van der Waals surface area contributed by atoms with Crippen LogP contribution in [0, 0.1) is 0 Å². The molecule has 2 nitrogen and oxygen atoms in total. The second-order valence-electron chi connectivity index (χ2n) is 5.46. The topological polar surface area (TPSA) is 37.3 Å². The summed E-state index contributed by atoms with van der Waals surface area (Å²) in [5.41, 5.74) is 0. The summed E-state index contributed by atoms with van der Waals surface area (Å²) in [6.45, 7) is 0. The van der Waals surface area contributed by atoms with E-state index < -0.39 is 5.97 Å². The molecule has 0 amide bonds. The average Bonchev–Trinajstić information content (AvgIpc) is 2.39. The quantitative estimate of drug-likeness (QED) is 0.258. The molecule has 0 unspecified atom stereocenters. The second kappa shape index (κ2) is 19.8. The molecule has 0 aliphatic heterocycles. The molecule has 0 heterocycles. The van der Waals surface area contributed by atoms with Crippen LogP contribution in [-0.2, 0) is 4.79 Å². The zero-order valence-electron chi connectivity index (χ0n) is 12.4. The van der Waals surface area contributed by atoms with Crippen molar-refractivity contribution in [2.45, 2.75) is 89.9 Å². The summed E-state index contributed by atoms with van der Waals surface area (Å²) in [6, 6.07) is 0. The Hall–Kier alpha value is 0.820. The predicted octanol–water partition coefficient (Wildman–Crippen LogP) is 4.81. The van der Waals surface area contributed by atoms with E-state index in [0.29, 0.717) is 6.42 Å². The van der Waals surface area contributed by atoms with Gasteiger partial charge >= 0.3 is 35.5 Å². The van der Waals surface area contributed by atoms with Crippen LogP contribution < -0.4 is 0 Å². The van der Waals surface area contributed by atoms with Gasteiger partial charge in [0.2, 0.25) is 0 Å². The number of hydrogen-bond donors (Lipinski definition) is 2. The van der Waals surface area contributed by atoms with Crippen LogP contribution in [-0.4, -0.2) is 46.4 Å². The fraction of sp³-hybridized carbons (Fsp3) is 0.938. The van der Waals surface area contributed by atoms with Crippen LogP contribution in [0.25, 0.3) is 0 Å². The minimum atomic E-state index is -0.658. The normalized spacial score (nSPS) is 10.2. The van der Waals surface area contributed by atoms with Crippen LogP contribution >= 0.6 is 12.6 Å². The Morgan fingerprint density at radius 2 is 0.950 bits per heavy atom. The monoisotopic (exact) mass is 312 g/mol. The number of carbonyl (C=O) groups is 1. The summed E-state index contributed by atoms with van der Waals surface area (Å²) in [6.07, 6.45) is 17.0. The summed E-state index contributed by atoms with van der Waals surface area (Å²) >= 11 is 4.21. The Balaban J connectivity index is 0. The van der Waals surface area contributed by atoms with Crippen LogP contribution in [0.3, 0.4) is 0 Å². The van der Waals surface area contributed by atoms with Crippen LogP contribution in [0.4, 0.5) is 0 Å². The van der Waals surface area contributed by atoms with Crippen molar-refractivity contribution in [3.05, 3.63) is 0 Å². The van der Waals surface area contributed by atoms with Crippen molar-refractivity contribution < 1.29 is 9.90 Å². The van der Waals surface area contributed by atoms with Gasteiger partial charge in [-0.25, -0.2) is 0 Å². The number of carboxylic acids is 1. The molecule has 4 heteroatoms. The third-order valence-corrected chi connectivity index (χ3v) is 3.86. The fourth-order valence-corrected chi connectivity index (χ4v) is 2.56. The van der Waals surface area contributed by atoms with Gasteiger partial charge in [0.15, 0.2) is 0 Å². The van der Waals surface area contributed by atoms with Gasteiger partial charge in [0.05, 0.1) is 0 Å². The SMILES string of the molecule is O=C(O)CCCCCCCCCCCCCCCS.[NaH]. The molecule has 0 atom stereocenters. The molecule has 0 spiro atoms. The van der Waals surface area contributed by atoms with Crippen molar-refractivity contribution in [1.29, 1.82) is 0 Å². The molecule has 0 rings (SSSR count). The Kier molecular flexibility index (Phi) is 22.9. The standard InChI is InChI=1S/C16H32O2S.Na.H/c17-16(18)14-12-10-8-6-4-2-1-3-5-7-9-11-13-15-19;;/h19H,1-15H2,(H,17,18);;. The molecule has 0 aromatic rings. The zero-order valence-corrected chi connectivity index (χ0v) is 13.3. The first-order valence-electron chi connectivity index (χ1n) is 8.10. The van der Waals surface area contributed by atoms with Gasteiger partial charge in [-0.05, 0) is 18.6 Å². The molecule has 0 saturated heterocycles. The molecule has 0 aliphatic rings. The summed E-state index contributed by atoms with van der Waals surface area (Å²) < 4.78 is 0. The minimum absolute atomic E-state index is 0. The third-order valence-electron chi connectivity index (χ3n) is 3.55. The maximum absolute atomic E-state index is 10.3. The van der Waals surface area contributed by atoms with Gasteiger partial charge in [-0.15, -0.1) is 0 Å². The van der Waals surface area contributed by atoms with Crippen LogP contribution in [0.15, 0.2) is 0 Å². The molecular formula is C16H33NaO2S. The van der Waals surface area contributed by atoms with E-state index in [9.17, 15) is 4.79 Å². The van der Waals surface area contributed by atoms with Gasteiger partial charge in [0.25, 0.3) is 0 Å². The molecule has 20 heavy (non-hydrogen) atoms. The molecule has 0 radical (unpaired) electrons. The van der Waals surface area contributed by atoms with E-state index in [0.717, 1.165) is 18.6 Å². The van der Waals surface area contributed by atoms with Crippen LogP contribution in [0.1, 0.15) is 89.9 Å². The summed E-state index contributed by atoms with van der Waals surface area (Å²) in [4.78, 5) is 10.3. The first-order valence-corrected chi connectivity index (χ1v) is 8.73. The average molecular weight is 312 g/mol. The van der Waals surface area contributed by atoms with E-state index >= 15 is 0 Å². The zero-order chi connectivity index (χ0) is 14.2. The Morgan fingerprint density at radius 3 is 1.25 bits per heavy atom. The van der Waals surface area contributed by atoms with E-state index in [2.05, 4.69) is 12.6 Å². The van der Waals surface area contributed by atoms with Crippen LogP contribution in [0.2, 0.25) is 0 Å². The molecule has 116 valence electrons. The number of carboxylic acid groups (broad SMARTS) is 1. The number of unbranched alkanes of at least 4 members (excludes halogenated alkanes) is 12.